The summed E-state index contributed by atoms with van der Waals surface area (Å²) in [5.74, 6) is 2.25. The lowest BCUT2D eigenvalue weighted by Gasteiger charge is -2.42. The Balaban J connectivity index is 1.33. The number of hydrogen-bond acceptors (Lipinski definition) is 0. The van der Waals surface area contributed by atoms with Gasteiger partial charge >= 0.3 is 0 Å². The Kier molecular flexibility index (Phi) is 9.89. The minimum Gasteiger partial charge on any atom is -0.203 e. The highest BCUT2D eigenvalue weighted by atomic mass is 19.2. The minimum atomic E-state index is -0.503. The van der Waals surface area contributed by atoms with E-state index in [4.69, 9.17) is 0 Å². The molecule has 5 unspecified atom stereocenters. The van der Waals surface area contributed by atoms with E-state index in [0.717, 1.165) is 61.0 Å². The van der Waals surface area contributed by atoms with E-state index in [0.29, 0.717) is 11.5 Å². The molecule has 0 aliphatic heterocycles. The first-order chi connectivity index (χ1) is 16.6. The van der Waals surface area contributed by atoms with E-state index in [1.54, 1.807) is 0 Å². The molecule has 0 saturated heterocycles. The molecule has 2 fully saturated rings. The van der Waals surface area contributed by atoms with Crippen LogP contribution in [0.4, 0.5) is 8.78 Å². The molecular weight excluding hydrogens is 422 g/mol. The van der Waals surface area contributed by atoms with Gasteiger partial charge in [0.05, 0.1) is 0 Å². The van der Waals surface area contributed by atoms with Crippen molar-refractivity contribution in [1.82, 2.24) is 0 Å². The van der Waals surface area contributed by atoms with Crippen molar-refractivity contribution in [2.45, 2.75) is 142 Å². The fraction of sp³-hybridized carbons (Fsp3) is 0.812. The van der Waals surface area contributed by atoms with Crippen molar-refractivity contribution >= 4 is 0 Å². The fourth-order valence-corrected chi connectivity index (χ4v) is 7.73. The molecule has 3 aliphatic carbocycles. The zero-order valence-corrected chi connectivity index (χ0v) is 22.2. The van der Waals surface area contributed by atoms with Crippen LogP contribution in [0.15, 0.2) is 6.07 Å². The van der Waals surface area contributed by atoms with Gasteiger partial charge in [0.25, 0.3) is 0 Å². The highest BCUT2D eigenvalue weighted by Gasteiger charge is 2.37. The van der Waals surface area contributed by atoms with E-state index in [1.165, 1.54) is 89.9 Å². The van der Waals surface area contributed by atoms with Crippen molar-refractivity contribution < 1.29 is 8.78 Å². The van der Waals surface area contributed by atoms with Crippen LogP contribution in [0.1, 0.15) is 146 Å². The van der Waals surface area contributed by atoms with Gasteiger partial charge in [0.1, 0.15) is 0 Å². The maximum atomic E-state index is 15.3. The van der Waals surface area contributed by atoms with Crippen LogP contribution in [0.5, 0.6) is 0 Å². The fourth-order valence-electron chi connectivity index (χ4n) is 7.73. The van der Waals surface area contributed by atoms with Crippen LogP contribution in [-0.4, -0.2) is 0 Å². The molecule has 4 rings (SSSR count). The smallest absolute Gasteiger partial charge is 0.162 e. The van der Waals surface area contributed by atoms with Crippen molar-refractivity contribution in [2.24, 2.45) is 23.7 Å². The molecule has 0 heterocycles. The number of benzene rings is 1. The number of rotatable bonds is 11. The van der Waals surface area contributed by atoms with Crippen molar-refractivity contribution in [1.29, 1.82) is 0 Å². The van der Waals surface area contributed by atoms with Crippen LogP contribution < -0.4 is 0 Å². The lowest BCUT2D eigenvalue weighted by atomic mass is 9.63. The summed E-state index contributed by atoms with van der Waals surface area (Å²) in [6.45, 7) is 4.51. The van der Waals surface area contributed by atoms with Gasteiger partial charge in [0, 0.05) is 0 Å². The predicted octanol–water partition coefficient (Wildman–Crippen LogP) is 10.3. The Morgan fingerprint density at radius 1 is 0.706 bits per heavy atom. The van der Waals surface area contributed by atoms with E-state index in [1.807, 2.05) is 0 Å². The molecule has 1 aromatic carbocycles. The van der Waals surface area contributed by atoms with Gasteiger partial charge in [-0.2, -0.15) is 0 Å². The largest absolute Gasteiger partial charge is 0.203 e. The van der Waals surface area contributed by atoms with Crippen molar-refractivity contribution in [2.75, 3.05) is 0 Å². The quantitative estimate of drug-likeness (QED) is 0.281. The maximum Gasteiger partial charge on any atom is 0.162 e. The van der Waals surface area contributed by atoms with Gasteiger partial charge in [-0.15, -0.1) is 0 Å². The second-order valence-corrected chi connectivity index (χ2v) is 12.2. The third-order valence-electron chi connectivity index (χ3n) is 9.84. The molecule has 3 aliphatic rings. The summed E-state index contributed by atoms with van der Waals surface area (Å²) in [6, 6.07) is 2.10. The Bertz CT molecular complexity index is 769. The second kappa shape index (κ2) is 12.9. The Morgan fingerprint density at radius 3 is 2.21 bits per heavy atom. The number of hydrogen-bond donors (Lipinski definition) is 0. The highest BCUT2D eigenvalue weighted by molar-refractivity contribution is 5.38. The van der Waals surface area contributed by atoms with Crippen LogP contribution in [0, 0.1) is 35.3 Å². The molecule has 0 bridgehead atoms. The van der Waals surface area contributed by atoms with Crippen LogP contribution in [0.25, 0.3) is 0 Å². The Morgan fingerprint density at radius 2 is 1.38 bits per heavy atom. The maximum absolute atomic E-state index is 15.3. The molecule has 34 heavy (non-hydrogen) atoms. The molecule has 1 aromatic rings. The summed E-state index contributed by atoms with van der Waals surface area (Å²) in [5.41, 5.74) is 2.55. The normalized spacial score (nSPS) is 29.0. The molecule has 192 valence electrons. The molecule has 0 N–H and O–H groups in total. The number of aryl methyl sites for hydroxylation is 1. The SMILES string of the molecule is CCCCCCCC1CCC2CC(c3cc4c(c(F)c3F)CC(CCCCC)CC4)CCC2C1. The summed E-state index contributed by atoms with van der Waals surface area (Å²) in [4.78, 5) is 0. The summed E-state index contributed by atoms with van der Waals surface area (Å²) in [6.07, 6.45) is 23.5. The highest BCUT2D eigenvalue weighted by Crippen LogP contribution is 2.49. The van der Waals surface area contributed by atoms with Gasteiger partial charge < -0.3 is 0 Å². The van der Waals surface area contributed by atoms with Gasteiger partial charge in [-0.25, -0.2) is 8.78 Å². The third kappa shape index (κ3) is 6.44. The van der Waals surface area contributed by atoms with Crippen LogP contribution >= 0.6 is 0 Å². The summed E-state index contributed by atoms with van der Waals surface area (Å²) < 4.78 is 30.6. The number of halogens is 2. The van der Waals surface area contributed by atoms with Gasteiger partial charge in [-0.05, 0) is 97.6 Å². The van der Waals surface area contributed by atoms with Crippen LogP contribution in [0.3, 0.4) is 0 Å². The van der Waals surface area contributed by atoms with E-state index in [2.05, 4.69) is 19.9 Å². The Hall–Kier alpha value is -0.920. The molecule has 0 amide bonds. The van der Waals surface area contributed by atoms with E-state index >= 15 is 8.78 Å². The average molecular weight is 473 g/mol. The predicted molar refractivity (Wildman–Crippen MR) is 140 cm³/mol. The molecule has 2 saturated carbocycles. The molecule has 5 atom stereocenters. The summed E-state index contributed by atoms with van der Waals surface area (Å²) in [7, 11) is 0. The van der Waals surface area contributed by atoms with Gasteiger partial charge in [-0.3, -0.25) is 0 Å². The first-order valence-corrected chi connectivity index (χ1v) is 15.1. The van der Waals surface area contributed by atoms with E-state index in [9.17, 15) is 0 Å². The third-order valence-corrected chi connectivity index (χ3v) is 9.84. The first-order valence-electron chi connectivity index (χ1n) is 15.1. The summed E-state index contributed by atoms with van der Waals surface area (Å²) in [5, 5.41) is 0. The topological polar surface area (TPSA) is 0 Å². The number of unbranched alkanes of at least 4 members (excludes halogenated alkanes) is 6. The van der Waals surface area contributed by atoms with E-state index in [-0.39, 0.29) is 5.92 Å². The van der Waals surface area contributed by atoms with Gasteiger partial charge in [0.15, 0.2) is 11.6 Å². The van der Waals surface area contributed by atoms with Crippen LogP contribution in [0.2, 0.25) is 0 Å². The lowest BCUT2D eigenvalue weighted by molar-refractivity contribution is 0.112. The zero-order chi connectivity index (χ0) is 23.9. The Labute approximate surface area is 208 Å². The van der Waals surface area contributed by atoms with Gasteiger partial charge in [0.2, 0.25) is 0 Å². The van der Waals surface area contributed by atoms with Crippen molar-refractivity contribution in [3.05, 3.63) is 34.4 Å². The van der Waals surface area contributed by atoms with Gasteiger partial charge in [-0.1, -0.05) is 90.5 Å². The average Bonchev–Trinajstić information content (AvgIpc) is 2.86. The number of fused-ring (bicyclic) bond motifs is 2. The molecule has 0 radical (unpaired) electrons. The molecule has 0 nitrogen and oxygen atoms in total. The summed E-state index contributed by atoms with van der Waals surface area (Å²) >= 11 is 0. The van der Waals surface area contributed by atoms with Crippen LogP contribution in [-0.2, 0) is 12.8 Å². The van der Waals surface area contributed by atoms with Crippen molar-refractivity contribution in [3.63, 3.8) is 0 Å². The van der Waals surface area contributed by atoms with Crippen molar-refractivity contribution in [3.8, 4) is 0 Å². The molecule has 0 aromatic heterocycles. The first kappa shape index (κ1) is 26.2. The molecular formula is C32H50F2. The zero-order valence-electron chi connectivity index (χ0n) is 22.2. The minimum absolute atomic E-state index is 0.230. The molecule has 2 heteroatoms. The monoisotopic (exact) mass is 472 g/mol. The molecule has 0 spiro atoms. The lowest BCUT2D eigenvalue weighted by Crippen LogP contribution is -2.31. The standard InChI is InChI=1S/C32H50F2/c1-3-5-7-8-10-12-23-13-15-26-21-27(18-17-25(26)19-23)30-22-28-16-14-24(11-9-6-4-2)20-29(28)31(33)32(30)34/h22-27H,3-21H2,1-2H3. The van der Waals surface area contributed by atoms with E-state index < -0.39 is 11.6 Å². The second-order valence-electron chi connectivity index (χ2n) is 12.2.